The van der Waals surface area contributed by atoms with E-state index in [9.17, 15) is 9.59 Å². The van der Waals surface area contributed by atoms with E-state index in [-0.39, 0.29) is 23.7 Å². The number of nitrogens with zero attached hydrogens (tertiary/aromatic N) is 1. The van der Waals surface area contributed by atoms with Crippen LogP contribution in [0.3, 0.4) is 0 Å². The largest absolute Gasteiger partial charge is 0.484 e. The summed E-state index contributed by atoms with van der Waals surface area (Å²) in [6.07, 6.45) is 2.35. The molecule has 0 radical (unpaired) electrons. The standard InChI is InChI=1S/C26H27N3O3S/c1-20(33-24-10-6-3-7-11-24)26(31)29-28-18-22-12-14-23(15-13-22)32-19-25(30)27-17-16-21-8-4-2-5-9-21/h2-15,18,20H,16-17,19H2,1H3,(H,27,30)(H,29,31)/b28-18-/t20-/m1/s1. The lowest BCUT2D eigenvalue weighted by molar-refractivity contribution is -0.123. The topological polar surface area (TPSA) is 79.8 Å². The van der Waals surface area contributed by atoms with Gasteiger partial charge in [-0.05, 0) is 60.9 Å². The van der Waals surface area contributed by atoms with Crippen molar-refractivity contribution in [3.8, 4) is 5.75 Å². The van der Waals surface area contributed by atoms with Crippen LogP contribution in [0, 0.1) is 0 Å². The van der Waals surface area contributed by atoms with E-state index in [1.165, 1.54) is 17.3 Å². The quantitative estimate of drug-likeness (QED) is 0.256. The van der Waals surface area contributed by atoms with Crippen LogP contribution >= 0.6 is 11.8 Å². The molecule has 2 amide bonds. The first-order chi connectivity index (χ1) is 16.1. The first-order valence-electron chi connectivity index (χ1n) is 10.7. The Labute approximate surface area is 198 Å². The summed E-state index contributed by atoms with van der Waals surface area (Å²) in [4.78, 5) is 25.2. The Bertz CT molecular complexity index is 1040. The summed E-state index contributed by atoms with van der Waals surface area (Å²) in [5.41, 5.74) is 4.54. The van der Waals surface area contributed by atoms with Crippen molar-refractivity contribution in [3.05, 3.63) is 96.1 Å². The van der Waals surface area contributed by atoms with Gasteiger partial charge in [0.25, 0.3) is 11.8 Å². The number of hydrogen-bond donors (Lipinski definition) is 2. The van der Waals surface area contributed by atoms with Crippen molar-refractivity contribution in [2.24, 2.45) is 5.10 Å². The second kappa shape index (κ2) is 13.1. The minimum atomic E-state index is -0.265. The summed E-state index contributed by atoms with van der Waals surface area (Å²) in [7, 11) is 0. The van der Waals surface area contributed by atoms with Crippen LogP contribution in [0.25, 0.3) is 0 Å². The fourth-order valence-electron chi connectivity index (χ4n) is 2.86. The predicted molar refractivity (Wildman–Crippen MR) is 133 cm³/mol. The first-order valence-corrected chi connectivity index (χ1v) is 11.6. The highest BCUT2D eigenvalue weighted by Gasteiger charge is 2.13. The lowest BCUT2D eigenvalue weighted by Crippen LogP contribution is -2.30. The highest BCUT2D eigenvalue weighted by atomic mass is 32.2. The smallest absolute Gasteiger partial charge is 0.257 e. The summed E-state index contributed by atoms with van der Waals surface area (Å²) in [5, 5.41) is 6.61. The van der Waals surface area contributed by atoms with E-state index in [0.29, 0.717) is 12.3 Å². The molecular weight excluding hydrogens is 434 g/mol. The van der Waals surface area contributed by atoms with Crippen molar-refractivity contribution in [2.45, 2.75) is 23.5 Å². The molecule has 0 saturated carbocycles. The Kier molecular flexibility index (Phi) is 9.54. The predicted octanol–water partition coefficient (Wildman–Crippen LogP) is 4.06. The van der Waals surface area contributed by atoms with Crippen molar-refractivity contribution in [3.63, 3.8) is 0 Å². The van der Waals surface area contributed by atoms with Gasteiger partial charge >= 0.3 is 0 Å². The van der Waals surface area contributed by atoms with E-state index < -0.39 is 0 Å². The second-order valence-electron chi connectivity index (χ2n) is 7.25. The maximum atomic E-state index is 12.2. The number of hydrazone groups is 1. The molecule has 0 saturated heterocycles. The zero-order chi connectivity index (χ0) is 23.3. The Balaban J connectivity index is 1.35. The molecule has 3 aromatic carbocycles. The van der Waals surface area contributed by atoms with Gasteiger partial charge in [0.05, 0.1) is 11.5 Å². The summed E-state index contributed by atoms with van der Waals surface area (Å²) >= 11 is 1.48. The third-order valence-corrected chi connectivity index (χ3v) is 5.75. The SMILES string of the molecule is C[C@@H](Sc1ccccc1)C(=O)N/N=C\c1ccc(OCC(=O)NCCc2ccccc2)cc1. The van der Waals surface area contributed by atoms with Gasteiger partial charge in [0.15, 0.2) is 6.61 Å². The third-order valence-electron chi connectivity index (χ3n) is 4.64. The molecule has 2 N–H and O–H groups in total. The van der Waals surface area contributed by atoms with E-state index in [1.807, 2.05) is 67.6 Å². The summed E-state index contributed by atoms with van der Waals surface area (Å²) in [5.74, 6) is 0.252. The van der Waals surface area contributed by atoms with E-state index >= 15 is 0 Å². The van der Waals surface area contributed by atoms with Crippen LogP contribution < -0.4 is 15.5 Å². The van der Waals surface area contributed by atoms with Gasteiger partial charge in [-0.3, -0.25) is 9.59 Å². The second-order valence-corrected chi connectivity index (χ2v) is 8.66. The van der Waals surface area contributed by atoms with Crippen molar-refractivity contribution >= 4 is 29.8 Å². The number of amides is 2. The zero-order valence-corrected chi connectivity index (χ0v) is 19.3. The average Bonchev–Trinajstić information content (AvgIpc) is 2.85. The molecule has 0 aromatic heterocycles. The third kappa shape index (κ3) is 8.82. The van der Waals surface area contributed by atoms with Gasteiger partial charge in [0, 0.05) is 11.4 Å². The van der Waals surface area contributed by atoms with Gasteiger partial charge in [-0.15, -0.1) is 11.8 Å². The van der Waals surface area contributed by atoms with Crippen molar-refractivity contribution in [1.29, 1.82) is 0 Å². The number of carbonyl (C=O) groups is 2. The van der Waals surface area contributed by atoms with E-state index in [4.69, 9.17) is 4.74 Å². The van der Waals surface area contributed by atoms with Crippen LogP contribution in [-0.4, -0.2) is 36.4 Å². The number of hydrogen-bond acceptors (Lipinski definition) is 5. The molecule has 0 heterocycles. The number of benzene rings is 3. The van der Waals surface area contributed by atoms with Crippen molar-refractivity contribution in [2.75, 3.05) is 13.2 Å². The molecule has 0 spiro atoms. The minimum absolute atomic E-state index is 0.0464. The molecule has 0 fully saturated rings. The lowest BCUT2D eigenvalue weighted by Gasteiger charge is -2.09. The Morgan fingerprint density at radius 2 is 1.64 bits per heavy atom. The van der Waals surface area contributed by atoms with Crippen LogP contribution in [0.4, 0.5) is 0 Å². The highest BCUT2D eigenvalue weighted by molar-refractivity contribution is 8.00. The molecule has 3 rings (SSSR count). The van der Waals surface area contributed by atoms with Gasteiger partial charge in [0.1, 0.15) is 5.75 Å². The number of carbonyl (C=O) groups excluding carboxylic acids is 2. The molecule has 170 valence electrons. The molecule has 6 nitrogen and oxygen atoms in total. The Hall–Kier alpha value is -3.58. The maximum absolute atomic E-state index is 12.2. The summed E-state index contributed by atoms with van der Waals surface area (Å²) < 4.78 is 5.53. The van der Waals surface area contributed by atoms with E-state index in [1.54, 1.807) is 30.5 Å². The normalized spacial score (nSPS) is 11.7. The molecule has 0 unspecified atom stereocenters. The Morgan fingerprint density at radius 1 is 0.970 bits per heavy atom. The van der Waals surface area contributed by atoms with E-state index in [2.05, 4.69) is 15.8 Å². The van der Waals surface area contributed by atoms with Crippen molar-refractivity contribution in [1.82, 2.24) is 10.7 Å². The monoisotopic (exact) mass is 461 g/mol. The molecular formula is C26H27N3O3S. The van der Waals surface area contributed by atoms with Gasteiger partial charge in [0.2, 0.25) is 0 Å². The van der Waals surface area contributed by atoms with Crippen LogP contribution in [-0.2, 0) is 16.0 Å². The molecule has 0 bridgehead atoms. The maximum Gasteiger partial charge on any atom is 0.257 e. The number of thioether (sulfide) groups is 1. The number of rotatable bonds is 11. The fourth-order valence-corrected chi connectivity index (χ4v) is 3.74. The minimum Gasteiger partial charge on any atom is -0.484 e. The van der Waals surface area contributed by atoms with Crippen LogP contribution in [0.2, 0.25) is 0 Å². The van der Waals surface area contributed by atoms with Gasteiger partial charge in [-0.2, -0.15) is 5.10 Å². The highest BCUT2D eigenvalue weighted by Crippen LogP contribution is 2.22. The fraction of sp³-hybridized carbons (Fsp3) is 0.192. The van der Waals surface area contributed by atoms with Crippen LogP contribution in [0.1, 0.15) is 18.1 Å². The number of nitrogens with one attached hydrogen (secondary N) is 2. The van der Waals surface area contributed by atoms with Gasteiger partial charge < -0.3 is 10.1 Å². The lowest BCUT2D eigenvalue weighted by atomic mass is 10.1. The average molecular weight is 462 g/mol. The van der Waals surface area contributed by atoms with Crippen LogP contribution in [0.5, 0.6) is 5.75 Å². The molecule has 0 aliphatic rings. The molecule has 1 atom stereocenters. The first kappa shape index (κ1) is 24.1. The molecule has 0 aliphatic carbocycles. The summed E-state index contributed by atoms with van der Waals surface area (Å²) in [6.45, 7) is 2.36. The molecule has 33 heavy (non-hydrogen) atoms. The Morgan fingerprint density at radius 3 is 2.33 bits per heavy atom. The molecule has 0 aliphatic heterocycles. The van der Waals surface area contributed by atoms with Crippen LogP contribution in [0.15, 0.2) is 94.9 Å². The molecule has 3 aromatic rings. The van der Waals surface area contributed by atoms with E-state index in [0.717, 1.165) is 16.9 Å². The number of ether oxygens (including phenoxy) is 1. The van der Waals surface area contributed by atoms with Gasteiger partial charge in [-0.25, -0.2) is 5.43 Å². The zero-order valence-electron chi connectivity index (χ0n) is 18.4. The summed E-state index contributed by atoms with van der Waals surface area (Å²) in [6, 6.07) is 26.9. The van der Waals surface area contributed by atoms with Gasteiger partial charge in [-0.1, -0.05) is 48.5 Å². The molecule has 7 heteroatoms. The van der Waals surface area contributed by atoms with Crippen molar-refractivity contribution < 1.29 is 14.3 Å².